The summed E-state index contributed by atoms with van der Waals surface area (Å²) in [5.41, 5.74) is 0.998. The van der Waals surface area contributed by atoms with Crippen LogP contribution in [-0.2, 0) is 20.9 Å². The van der Waals surface area contributed by atoms with Crippen molar-refractivity contribution in [2.24, 2.45) is 0 Å². The number of carbonyl (C=O) groups excluding carboxylic acids is 3. The number of benzene rings is 1. The number of nitrogens with one attached hydrogen (secondary N) is 1. The van der Waals surface area contributed by atoms with Crippen LogP contribution in [0.3, 0.4) is 0 Å². The minimum absolute atomic E-state index is 0.145. The van der Waals surface area contributed by atoms with Crippen LogP contribution < -0.4 is 5.32 Å². The van der Waals surface area contributed by atoms with E-state index in [4.69, 9.17) is 0 Å². The molecule has 1 N–H and O–H groups in total. The molecule has 2 rings (SSSR count). The van der Waals surface area contributed by atoms with Crippen LogP contribution in [0, 0.1) is 0 Å². The zero-order valence-electron chi connectivity index (χ0n) is 11.8. The number of rotatable bonds is 5. The fourth-order valence-corrected chi connectivity index (χ4v) is 2.18. The maximum Gasteiger partial charge on any atom is 0.232 e. The van der Waals surface area contributed by atoms with Gasteiger partial charge in [-0.15, -0.1) is 0 Å². The van der Waals surface area contributed by atoms with E-state index < -0.39 is 0 Å². The lowest BCUT2D eigenvalue weighted by molar-refractivity contribution is -0.139. The lowest BCUT2D eigenvalue weighted by Crippen LogP contribution is -2.48. The first kappa shape index (κ1) is 15.0. The highest BCUT2D eigenvalue weighted by Crippen LogP contribution is 2.03. The molecule has 6 heteroatoms. The summed E-state index contributed by atoms with van der Waals surface area (Å²) in [6, 6.07) is 9.55. The second kappa shape index (κ2) is 7.42. The normalized spacial score (nSPS) is 14.7. The third-order valence-electron chi connectivity index (χ3n) is 3.46. The van der Waals surface area contributed by atoms with Crippen molar-refractivity contribution in [3.8, 4) is 0 Å². The Morgan fingerprint density at radius 3 is 2.38 bits per heavy atom. The van der Waals surface area contributed by atoms with Gasteiger partial charge in [-0.3, -0.25) is 14.4 Å². The summed E-state index contributed by atoms with van der Waals surface area (Å²) in [4.78, 5) is 37.6. The fourth-order valence-electron chi connectivity index (χ4n) is 2.18. The van der Waals surface area contributed by atoms with Crippen LogP contribution in [0.15, 0.2) is 30.3 Å². The highest BCUT2D eigenvalue weighted by molar-refractivity contribution is 5.96. The van der Waals surface area contributed by atoms with E-state index in [1.54, 1.807) is 9.80 Å². The molecule has 0 aliphatic carbocycles. The Morgan fingerprint density at radius 1 is 1.10 bits per heavy atom. The molecular formula is C15H19N3O3. The van der Waals surface area contributed by atoms with Gasteiger partial charge in [0.1, 0.15) is 6.42 Å². The zero-order valence-corrected chi connectivity index (χ0v) is 11.8. The molecular weight excluding hydrogens is 270 g/mol. The van der Waals surface area contributed by atoms with Crippen molar-refractivity contribution in [2.45, 2.75) is 13.0 Å². The van der Waals surface area contributed by atoms with Gasteiger partial charge in [-0.2, -0.15) is 0 Å². The summed E-state index contributed by atoms with van der Waals surface area (Å²) in [6.45, 7) is 2.46. The summed E-state index contributed by atoms with van der Waals surface area (Å²) >= 11 is 0. The molecule has 1 aliphatic heterocycles. The van der Waals surface area contributed by atoms with Crippen LogP contribution in [0.1, 0.15) is 12.0 Å². The van der Waals surface area contributed by atoms with Gasteiger partial charge < -0.3 is 15.1 Å². The van der Waals surface area contributed by atoms with E-state index in [9.17, 15) is 14.4 Å². The first-order valence-corrected chi connectivity index (χ1v) is 6.97. The standard InChI is InChI=1S/C15H19N3O3/c19-12-17-6-8-18(9-7-17)15(21)10-14(20)16-11-13-4-2-1-3-5-13/h1-5,12H,6-11H2,(H,16,20). The molecule has 1 saturated heterocycles. The number of hydrogen-bond donors (Lipinski definition) is 1. The largest absolute Gasteiger partial charge is 0.352 e. The van der Waals surface area contributed by atoms with Crippen molar-refractivity contribution in [1.82, 2.24) is 15.1 Å². The van der Waals surface area contributed by atoms with Crippen molar-refractivity contribution in [3.05, 3.63) is 35.9 Å². The summed E-state index contributed by atoms with van der Waals surface area (Å²) in [5, 5.41) is 2.74. The number of piperazine rings is 1. The first-order chi connectivity index (χ1) is 10.2. The monoisotopic (exact) mass is 289 g/mol. The Balaban J connectivity index is 1.72. The summed E-state index contributed by atoms with van der Waals surface area (Å²) in [5.74, 6) is -0.465. The van der Waals surface area contributed by atoms with Gasteiger partial charge in [0.2, 0.25) is 18.2 Å². The van der Waals surface area contributed by atoms with Crippen molar-refractivity contribution in [3.63, 3.8) is 0 Å². The van der Waals surface area contributed by atoms with Gasteiger partial charge in [-0.25, -0.2) is 0 Å². The van der Waals surface area contributed by atoms with Crippen LogP contribution in [0.2, 0.25) is 0 Å². The molecule has 21 heavy (non-hydrogen) atoms. The van der Waals surface area contributed by atoms with E-state index in [0.717, 1.165) is 12.0 Å². The predicted octanol–water partition coefficient (Wildman–Crippen LogP) is -0.00650. The molecule has 0 aromatic heterocycles. The van der Waals surface area contributed by atoms with Crippen molar-refractivity contribution in [2.75, 3.05) is 26.2 Å². The van der Waals surface area contributed by atoms with E-state index in [1.807, 2.05) is 30.3 Å². The Morgan fingerprint density at radius 2 is 1.76 bits per heavy atom. The lowest BCUT2D eigenvalue weighted by Gasteiger charge is -2.32. The molecule has 0 atom stereocenters. The van der Waals surface area contributed by atoms with E-state index >= 15 is 0 Å². The molecule has 0 radical (unpaired) electrons. The van der Waals surface area contributed by atoms with Crippen LogP contribution in [-0.4, -0.2) is 54.2 Å². The third kappa shape index (κ3) is 4.59. The summed E-state index contributed by atoms with van der Waals surface area (Å²) in [7, 11) is 0. The average molecular weight is 289 g/mol. The van der Waals surface area contributed by atoms with Gasteiger partial charge >= 0.3 is 0 Å². The van der Waals surface area contributed by atoms with Crippen LogP contribution in [0.4, 0.5) is 0 Å². The molecule has 6 nitrogen and oxygen atoms in total. The molecule has 1 aromatic rings. The average Bonchev–Trinajstić information content (AvgIpc) is 2.54. The van der Waals surface area contributed by atoms with Crippen LogP contribution in [0.5, 0.6) is 0 Å². The van der Waals surface area contributed by atoms with Gasteiger partial charge in [0.25, 0.3) is 0 Å². The summed E-state index contributed by atoms with van der Waals surface area (Å²) in [6.07, 6.45) is 0.641. The quantitative estimate of drug-likeness (QED) is 0.612. The summed E-state index contributed by atoms with van der Waals surface area (Å²) < 4.78 is 0. The molecule has 3 amide bonds. The van der Waals surface area contributed by atoms with Crippen molar-refractivity contribution < 1.29 is 14.4 Å². The fraction of sp³-hybridized carbons (Fsp3) is 0.400. The highest BCUT2D eigenvalue weighted by atomic mass is 16.2. The van der Waals surface area contributed by atoms with E-state index in [-0.39, 0.29) is 18.2 Å². The molecule has 112 valence electrons. The predicted molar refractivity (Wildman–Crippen MR) is 77.1 cm³/mol. The van der Waals surface area contributed by atoms with Gasteiger partial charge in [-0.1, -0.05) is 30.3 Å². The Labute approximate surface area is 123 Å². The van der Waals surface area contributed by atoms with Crippen LogP contribution in [0.25, 0.3) is 0 Å². The van der Waals surface area contributed by atoms with E-state index in [1.165, 1.54) is 0 Å². The van der Waals surface area contributed by atoms with Gasteiger partial charge in [0.15, 0.2) is 0 Å². The minimum atomic E-state index is -0.276. The van der Waals surface area contributed by atoms with Gasteiger partial charge in [0.05, 0.1) is 0 Å². The Bertz CT molecular complexity index is 496. The smallest absolute Gasteiger partial charge is 0.232 e. The van der Waals surface area contributed by atoms with Crippen molar-refractivity contribution >= 4 is 18.2 Å². The second-order valence-corrected chi connectivity index (χ2v) is 4.96. The number of nitrogens with zero attached hydrogens (tertiary/aromatic N) is 2. The van der Waals surface area contributed by atoms with Crippen molar-refractivity contribution in [1.29, 1.82) is 0 Å². The van der Waals surface area contributed by atoms with Gasteiger partial charge in [-0.05, 0) is 5.56 Å². The number of hydrogen-bond acceptors (Lipinski definition) is 3. The maximum absolute atomic E-state index is 12.0. The second-order valence-electron chi connectivity index (χ2n) is 4.96. The van der Waals surface area contributed by atoms with E-state index in [2.05, 4.69) is 5.32 Å². The molecule has 0 bridgehead atoms. The number of amides is 3. The SMILES string of the molecule is O=CN1CCN(C(=O)CC(=O)NCc2ccccc2)CC1. The minimum Gasteiger partial charge on any atom is -0.352 e. The van der Waals surface area contributed by atoms with E-state index in [0.29, 0.717) is 32.7 Å². The maximum atomic E-state index is 12.0. The number of carbonyl (C=O) groups is 3. The molecule has 1 aliphatic rings. The Hall–Kier alpha value is -2.37. The molecule has 1 fully saturated rings. The third-order valence-corrected chi connectivity index (χ3v) is 3.46. The topological polar surface area (TPSA) is 69.7 Å². The zero-order chi connectivity index (χ0) is 15.1. The molecule has 1 aromatic carbocycles. The highest BCUT2D eigenvalue weighted by Gasteiger charge is 2.21. The lowest BCUT2D eigenvalue weighted by atomic mass is 10.2. The van der Waals surface area contributed by atoms with Gasteiger partial charge in [0, 0.05) is 32.7 Å². The molecule has 0 unspecified atom stereocenters. The molecule has 0 spiro atoms. The van der Waals surface area contributed by atoms with Crippen LogP contribution >= 0.6 is 0 Å². The molecule has 0 saturated carbocycles. The molecule has 1 heterocycles. The first-order valence-electron chi connectivity index (χ1n) is 6.97. The Kier molecular flexibility index (Phi) is 5.31.